The average molecular weight is 252 g/mol. The van der Waals surface area contributed by atoms with Gasteiger partial charge < -0.3 is 11.1 Å². The van der Waals surface area contributed by atoms with Crippen molar-refractivity contribution in [3.63, 3.8) is 0 Å². The van der Waals surface area contributed by atoms with E-state index >= 15 is 0 Å². The zero-order chi connectivity index (χ0) is 12.3. The van der Waals surface area contributed by atoms with E-state index in [1.165, 1.54) is 37.0 Å². The molecule has 0 unspecified atom stereocenters. The molecule has 1 aromatic rings. The van der Waals surface area contributed by atoms with Crippen molar-refractivity contribution in [3.8, 4) is 0 Å². The lowest BCUT2D eigenvalue weighted by atomic mass is 10.1. The van der Waals surface area contributed by atoms with Gasteiger partial charge in [-0.3, -0.25) is 4.79 Å². The summed E-state index contributed by atoms with van der Waals surface area (Å²) in [7, 11) is 0. The fourth-order valence-electron chi connectivity index (χ4n) is 2.33. The van der Waals surface area contributed by atoms with Crippen LogP contribution in [0.4, 0.5) is 10.7 Å². The Bertz CT molecular complexity index is 394. The molecule has 1 aliphatic rings. The zero-order valence-corrected chi connectivity index (χ0v) is 11.1. The number of hydrogen-bond acceptors (Lipinski definition) is 4. The Morgan fingerprint density at radius 3 is 2.88 bits per heavy atom. The maximum absolute atomic E-state index is 11.6. The highest BCUT2D eigenvalue weighted by molar-refractivity contribution is 7.18. The first-order chi connectivity index (χ1) is 8.20. The molecule has 3 N–H and O–H groups in total. The Kier molecular flexibility index (Phi) is 4.05. The van der Waals surface area contributed by atoms with Crippen molar-refractivity contribution in [2.75, 3.05) is 17.6 Å². The molecule has 0 radical (unpaired) electrons. The molecule has 1 heterocycles. The number of nitrogens with one attached hydrogen (secondary N) is 1. The SMILES string of the molecule is CCC(=O)c1sc(NCC2CCCC2)cc1N. The van der Waals surface area contributed by atoms with E-state index in [4.69, 9.17) is 5.73 Å². The summed E-state index contributed by atoms with van der Waals surface area (Å²) < 4.78 is 0. The van der Waals surface area contributed by atoms with Crippen LogP contribution < -0.4 is 11.1 Å². The minimum absolute atomic E-state index is 0.140. The lowest BCUT2D eigenvalue weighted by Crippen LogP contribution is -2.09. The number of carbonyl (C=O) groups is 1. The highest BCUT2D eigenvalue weighted by atomic mass is 32.1. The second kappa shape index (κ2) is 5.54. The van der Waals surface area contributed by atoms with Gasteiger partial charge in [-0.1, -0.05) is 19.8 Å². The van der Waals surface area contributed by atoms with E-state index in [2.05, 4.69) is 5.32 Å². The molecule has 94 valence electrons. The van der Waals surface area contributed by atoms with Crippen molar-refractivity contribution in [1.82, 2.24) is 0 Å². The summed E-state index contributed by atoms with van der Waals surface area (Å²) in [4.78, 5) is 12.3. The molecule has 0 bridgehead atoms. The molecule has 3 nitrogen and oxygen atoms in total. The summed E-state index contributed by atoms with van der Waals surface area (Å²) in [5.41, 5.74) is 6.47. The van der Waals surface area contributed by atoms with E-state index < -0.39 is 0 Å². The highest BCUT2D eigenvalue weighted by Gasteiger charge is 2.16. The predicted octanol–water partition coefficient (Wildman–Crippen LogP) is 3.53. The van der Waals surface area contributed by atoms with Crippen molar-refractivity contribution < 1.29 is 4.79 Å². The van der Waals surface area contributed by atoms with Crippen LogP contribution in [0.15, 0.2) is 6.07 Å². The monoisotopic (exact) mass is 252 g/mol. The standard InChI is InChI=1S/C13H20N2OS/c1-2-11(16)13-10(14)7-12(17-13)15-8-9-5-3-4-6-9/h7,9,15H,2-6,8,14H2,1H3. The Balaban J connectivity index is 1.94. The van der Waals surface area contributed by atoms with Gasteiger partial charge in [0, 0.05) is 13.0 Å². The molecule has 0 aromatic carbocycles. The summed E-state index contributed by atoms with van der Waals surface area (Å²) in [5.74, 6) is 0.935. The minimum Gasteiger partial charge on any atom is -0.397 e. The van der Waals surface area contributed by atoms with Crippen molar-refractivity contribution in [2.24, 2.45) is 5.92 Å². The van der Waals surface area contributed by atoms with E-state index in [0.717, 1.165) is 17.5 Å². The van der Waals surface area contributed by atoms with Crippen LogP contribution in [0, 0.1) is 5.92 Å². The molecule has 17 heavy (non-hydrogen) atoms. The summed E-state index contributed by atoms with van der Waals surface area (Å²) >= 11 is 1.49. The van der Waals surface area contributed by atoms with E-state index in [0.29, 0.717) is 17.0 Å². The van der Waals surface area contributed by atoms with Crippen LogP contribution in [0.2, 0.25) is 0 Å². The molecule has 1 saturated carbocycles. The largest absolute Gasteiger partial charge is 0.397 e. The van der Waals surface area contributed by atoms with Crippen LogP contribution in [0.25, 0.3) is 0 Å². The molecule has 0 amide bonds. The number of hydrogen-bond donors (Lipinski definition) is 2. The van der Waals surface area contributed by atoms with E-state index in [9.17, 15) is 4.79 Å². The van der Waals surface area contributed by atoms with Gasteiger partial charge in [-0.15, -0.1) is 11.3 Å². The first-order valence-corrected chi connectivity index (χ1v) is 7.18. The normalized spacial score (nSPS) is 16.3. The number of anilines is 2. The molecule has 1 aromatic heterocycles. The molecule has 1 fully saturated rings. The number of nitrogens with two attached hydrogens (primary N) is 1. The third-order valence-corrected chi connectivity index (χ3v) is 4.52. The van der Waals surface area contributed by atoms with Gasteiger partial charge >= 0.3 is 0 Å². The fraction of sp³-hybridized carbons (Fsp3) is 0.615. The van der Waals surface area contributed by atoms with Crippen molar-refractivity contribution >= 4 is 27.8 Å². The lowest BCUT2D eigenvalue weighted by Gasteiger charge is -2.09. The van der Waals surface area contributed by atoms with Crippen LogP contribution in [-0.2, 0) is 0 Å². The molecule has 0 aliphatic heterocycles. The summed E-state index contributed by atoms with van der Waals surface area (Å²) in [6, 6.07) is 1.89. The summed E-state index contributed by atoms with van der Waals surface area (Å²) in [5, 5.41) is 4.45. The van der Waals surface area contributed by atoms with Crippen LogP contribution >= 0.6 is 11.3 Å². The zero-order valence-electron chi connectivity index (χ0n) is 10.3. The fourth-order valence-corrected chi connectivity index (χ4v) is 3.33. The second-order valence-corrected chi connectivity index (χ2v) is 5.76. The van der Waals surface area contributed by atoms with Gasteiger partial charge in [-0.25, -0.2) is 0 Å². The van der Waals surface area contributed by atoms with Gasteiger partial charge in [0.05, 0.1) is 15.6 Å². The molecule has 0 saturated heterocycles. The maximum atomic E-state index is 11.6. The van der Waals surface area contributed by atoms with E-state index in [1.54, 1.807) is 0 Å². The van der Waals surface area contributed by atoms with Gasteiger partial charge in [-0.2, -0.15) is 0 Å². The third kappa shape index (κ3) is 3.00. The van der Waals surface area contributed by atoms with Crippen LogP contribution in [0.1, 0.15) is 48.7 Å². The molecular weight excluding hydrogens is 232 g/mol. The number of rotatable bonds is 5. The number of carbonyl (C=O) groups excluding carboxylic acids is 1. The number of ketones is 1. The molecular formula is C13H20N2OS. The predicted molar refractivity (Wildman–Crippen MR) is 73.8 cm³/mol. The highest BCUT2D eigenvalue weighted by Crippen LogP contribution is 2.31. The average Bonchev–Trinajstić information content (AvgIpc) is 2.94. The Morgan fingerprint density at radius 2 is 2.24 bits per heavy atom. The summed E-state index contributed by atoms with van der Waals surface area (Å²) in [6.07, 6.45) is 5.90. The quantitative estimate of drug-likeness (QED) is 0.788. The van der Waals surface area contributed by atoms with Gasteiger partial charge in [0.2, 0.25) is 0 Å². The molecule has 1 aliphatic carbocycles. The molecule has 2 rings (SSSR count). The Hall–Kier alpha value is -1.03. The maximum Gasteiger partial charge on any atom is 0.174 e. The summed E-state index contributed by atoms with van der Waals surface area (Å²) in [6.45, 7) is 2.88. The van der Waals surface area contributed by atoms with Crippen molar-refractivity contribution in [2.45, 2.75) is 39.0 Å². The first kappa shape index (κ1) is 12.4. The van der Waals surface area contributed by atoms with Gasteiger partial charge in [0.15, 0.2) is 5.78 Å². The van der Waals surface area contributed by atoms with Gasteiger partial charge in [0.25, 0.3) is 0 Å². The number of nitrogen functional groups attached to an aromatic ring is 1. The molecule has 0 atom stereocenters. The van der Waals surface area contributed by atoms with Crippen molar-refractivity contribution in [3.05, 3.63) is 10.9 Å². The van der Waals surface area contributed by atoms with Crippen LogP contribution in [0.3, 0.4) is 0 Å². The van der Waals surface area contributed by atoms with Gasteiger partial charge in [-0.05, 0) is 24.8 Å². The topological polar surface area (TPSA) is 55.1 Å². The number of Topliss-reactive ketones (excluding diaryl/α,β-unsaturated/α-hetero) is 1. The lowest BCUT2D eigenvalue weighted by molar-refractivity contribution is 0.0993. The number of thiophene rings is 1. The Labute approximate surface area is 106 Å². The Morgan fingerprint density at radius 1 is 1.53 bits per heavy atom. The van der Waals surface area contributed by atoms with E-state index in [-0.39, 0.29) is 5.78 Å². The van der Waals surface area contributed by atoms with Crippen molar-refractivity contribution in [1.29, 1.82) is 0 Å². The van der Waals surface area contributed by atoms with Gasteiger partial charge in [0.1, 0.15) is 0 Å². The second-order valence-electron chi connectivity index (χ2n) is 4.70. The van der Waals surface area contributed by atoms with Crippen LogP contribution in [0.5, 0.6) is 0 Å². The molecule has 0 spiro atoms. The third-order valence-electron chi connectivity index (χ3n) is 3.37. The minimum atomic E-state index is 0.140. The first-order valence-electron chi connectivity index (χ1n) is 6.37. The van der Waals surface area contributed by atoms with E-state index in [1.807, 2.05) is 13.0 Å². The van der Waals surface area contributed by atoms with Crippen LogP contribution in [-0.4, -0.2) is 12.3 Å². The molecule has 4 heteroatoms. The smallest absolute Gasteiger partial charge is 0.174 e.